The molecule has 222 valence electrons. The Kier molecular flexibility index (Phi) is 6.17. The lowest BCUT2D eigenvalue weighted by Crippen LogP contribution is -2.41. The molecule has 2 aliphatic heterocycles. The number of nitrogens with one attached hydrogen (secondary N) is 2. The van der Waals surface area contributed by atoms with Gasteiger partial charge >= 0.3 is 5.97 Å². The lowest BCUT2D eigenvalue weighted by molar-refractivity contribution is 0.0695. The summed E-state index contributed by atoms with van der Waals surface area (Å²) in [6.07, 6.45) is 7.53. The third-order valence-electron chi connectivity index (χ3n) is 9.36. The van der Waals surface area contributed by atoms with E-state index in [0.29, 0.717) is 57.8 Å². The average Bonchev–Trinajstić information content (AvgIpc) is 3.57. The van der Waals surface area contributed by atoms with E-state index in [9.17, 15) is 19.1 Å². The van der Waals surface area contributed by atoms with Crippen molar-refractivity contribution in [3.63, 3.8) is 0 Å². The first-order valence-electron chi connectivity index (χ1n) is 14.3. The van der Waals surface area contributed by atoms with Crippen molar-refractivity contribution in [2.75, 3.05) is 50.5 Å². The third-order valence-corrected chi connectivity index (χ3v) is 9.36. The molecule has 1 spiro atoms. The predicted octanol–water partition coefficient (Wildman–Crippen LogP) is 4.57. The summed E-state index contributed by atoms with van der Waals surface area (Å²) in [4.78, 5) is 41.9. The van der Waals surface area contributed by atoms with Crippen LogP contribution in [0.2, 0.25) is 0 Å². The van der Waals surface area contributed by atoms with E-state index in [4.69, 9.17) is 0 Å². The molecule has 0 unspecified atom stereocenters. The Morgan fingerprint density at radius 1 is 1.07 bits per heavy atom. The van der Waals surface area contributed by atoms with E-state index in [-0.39, 0.29) is 21.8 Å². The van der Waals surface area contributed by atoms with Crippen LogP contribution < -0.4 is 15.6 Å². The Bertz CT molecular complexity index is 2030. The number of aryl methyl sites for hydroxylation is 1. The quantitative estimate of drug-likeness (QED) is 0.280. The summed E-state index contributed by atoms with van der Waals surface area (Å²) in [5.74, 6) is -3.27. The number of carboxylic acid groups (broad SMARTS) is 1. The highest BCUT2D eigenvalue weighted by atomic mass is 19.2. The Morgan fingerprint density at radius 3 is 2.49 bits per heavy atom. The standard InChI is InChI=1S/C31H31F2N7O3/c1-34-21-11-20(32)24(33)22-23-26(40-8-5-31(6-9-40)4-7-38(2)15-31)18(13-35-28(23)37-25(21)22)16-10-17-27(41)19(30(42)43)14-39(3)29(17)36-12-16/h10-14,34H,4-9,15H2,1-3H3,(H,35,37)(H,42,43). The van der Waals surface area contributed by atoms with E-state index in [1.807, 2.05) is 0 Å². The highest BCUT2D eigenvalue weighted by Crippen LogP contribution is 2.47. The van der Waals surface area contributed by atoms with Gasteiger partial charge in [0.25, 0.3) is 0 Å². The molecule has 0 atom stereocenters. The van der Waals surface area contributed by atoms with E-state index in [2.05, 4.69) is 37.1 Å². The largest absolute Gasteiger partial charge is 0.477 e. The molecule has 0 saturated carbocycles. The van der Waals surface area contributed by atoms with E-state index >= 15 is 4.39 Å². The Balaban J connectivity index is 1.49. The van der Waals surface area contributed by atoms with Crippen molar-refractivity contribution in [1.29, 1.82) is 0 Å². The van der Waals surface area contributed by atoms with Gasteiger partial charge in [-0.2, -0.15) is 0 Å². The lowest BCUT2D eigenvalue weighted by Gasteiger charge is -2.41. The maximum absolute atomic E-state index is 15.7. The van der Waals surface area contributed by atoms with Gasteiger partial charge in [-0.25, -0.2) is 23.5 Å². The molecule has 2 aliphatic rings. The summed E-state index contributed by atoms with van der Waals surface area (Å²) < 4.78 is 32.1. The maximum Gasteiger partial charge on any atom is 0.341 e. The maximum atomic E-state index is 15.7. The summed E-state index contributed by atoms with van der Waals surface area (Å²) >= 11 is 0. The van der Waals surface area contributed by atoms with Crippen LogP contribution in [0.1, 0.15) is 29.6 Å². The molecule has 0 aliphatic carbocycles. The average molecular weight is 588 g/mol. The fraction of sp³-hybridized carbons (Fsp3) is 0.355. The predicted molar refractivity (Wildman–Crippen MR) is 162 cm³/mol. The number of hydrogen-bond acceptors (Lipinski definition) is 7. The molecule has 43 heavy (non-hydrogen) atoms. The molecule has 2 fully saturated rings. The number of aromatic carboxylic acids is 1. The van der Waals surface area contributed by atoms with Crippen molar-refractivity contribution >= 4 is 50.3 Å². The van der Waals surface area contributed by atoms with Gasteiger partial charge in [-0.05, 0) is 44.3 Å². The van der Waals surface area contributed by atoms with Gasteiger partial charge in [0, 0.05) is 69.5 Å². The number of benzene rings is 1. The molecule has 5 aromatic rings. The third kappa shape index (κ3) is 4.15. The second-order valence-electron chi connectivity index (χ2n) is 11.9. The summed E-state index contributed by atoms with van der Waals surface area (Å²) in [5.41, 5.74) is 2.57. The van der Waals surface area contributed by atoms with Crippen LogP contribution in [0.3, 0.4) is 0 Å². The van der Waals surface area contributed by atoms with Gasteiger partial charge < -0.3 is 29.8 Å². The van der Waals surface area contributed by atoms with Crippen LogP contribution in [0.15, 0.2) is 35.5 Å². The number of likely N-dealkylation sites (tertiary alicyclic amines) is 1. The molecule has 0 amide bonds. The molecule has 3 N–H and O–H groups in total. The number of carboxylic acids is 1. The minimum atomic E-state index is -1.33. The molecule has 1 aromatic carbocycles. The van der Waals surface area contributed by atoms with Crippen LogP contribution in [0.25, 0.3) is 44.1 Å². The van der Waals surface area contributed by atoms with Crippen molar-refractivity contribution in [2.45, 2.75) is 19.3 Å². The summed E-state index contributed by atoms with van der Waals surface area (Å²) in [5, 5.41) is 13.3. The number of fused-ring (bicyclic) bond motifs is 4. The van der Waals surface area contributed by atoms with E-state index in [1.165, 1.54) is 10.8 Å². The fourth-order valence-corrected chi connectivity index (χ4v) is 7.11. The number of anilines is 2. The number of hydrogen-bond donors (Lipinski definition) is 3. The van der Waals surface area contributed by atoms with Crippen LogP contribution in [-0.4, -0.2) is 75.8 Å². The molecule has 0 bridgehead atoms. The topological polar surface area (TPSA) is 119 Å². The second kappa shape index (κ2) is 9.73. The van der Waals surface area contributed by atoms with Crippen molar-refractivity contribution in [2.24, 2.45) is 12.5 Å². The highest BCUT2D eigenvalue weighted by molar-refractivity contribution is 6.18. The summed E-state index contributed by atoms with van der Waals surface area (Å²) in [6, 6.07) is 2.74. The monoisotopic (exact) mass is 587 g/mol. The zero-order valence-corrected chi connectivity index (χ0v) is 24.1. The molecular formula is C31H31F2N7O3. The van der Waals surface area contributed by atoms with Crippen LogP contribution >= 0.6 is 0 Å². The molecule has 10 nitrogen and oxygen atoms in total. The number of carbonyl (C=O) groups is 1. The number of aromatic amines is 1. The Labute approximate surface area is 244 Å². The zero-order chi connectivity index (χ0) is 30.2. The highest BCUT2D eigenvalue weighted by Gasteiger charge is 2.40. The minimum absolute atomic E-state index is 0.0995. The fourth-order valence-electron chi connectivity index (χ4n) is 7.11. The number of halogens is 2. The van der Waals surface area contributed by atoms with Gasteiger partial charge in [0.2, 0.25) is 5.43 Å². The van der Waals surface area contributed by atoms with Gasteiger partial charge in [0.1, 0.15) is 16.9 Å². The Morgan fingerprint density at radius 2 is 1.81 bits per heavy atom. The summed E-state index contributed by atoms with van der Waals surface area (Å²) in [6.45, 7) is 3.49. The van der Waals surface area contributed by atoms with Gasteiger partial charge in [0.05, 0.1) is 33.1 Å². The SMILES string of the molecule is CNc1cc(F)c(F)c2c1[nH]c1ncc(-c3cnc4c(c3)c(=O)c(C(=O)O)cn4C)c(N3CCC4(CCN(C)C4)CC3)c12. The van der Waals surface area contributed by atoms with Crippen molar-refractivity contribution in [3.05, 3.63) is 58.1 Å². The smallest absolute Gasteiger partial charge is 0.341 e. The van der Waals surface area contributed by atoms with Crippen molar-refractivity contribution in [3.8, 4) is 11.1 Å². The van der Waals surface area contributed by atoms with Crippen LogP contribution in [0.5, 0.6) is 0 Å². The van der Waals surface area contributed by atoms with Gasteiger partial charge in [0.15, 0.2) is 11.6 Å². The number of H-pyrrole nitrogens is 1. The number of rotatable bonds is 4. The van der Waals surface area contributed by atoms with E-state index < -0.39 is 23.0 Å². The number of pyridine rings is 3. The lowest BCUT2D eigenvalue weighted by atomic mass is 9.77. The van der Waals surface area contributed by atoms with E-state index in [0.717, 1.165) is 38.4 Å². The normalized spacial score (nSPS) is 17.1. The van der Waals surface area contributed by atoms with Crippen molar-refractivity contribution < 1.29 is 18.7 Å². The van der Waals surface area contributed by atoms with Crippen molar-refractivity contribution in [1.82, 2.24) is 24.4 Å². The second-order valence-corrected chi connectivity index (χ2v) is 11.9. The molecule has 2 saturated heterocycles. The molecular weight excluding hydrogens is 556 g/mol. The van der Waals surface area contributed by atoms with Crippen LogP contribution in [0.4, 0.5) is 20.2 Å². The number of aromatic nitrogens is 4. The van der Waals surface area contributed by atoms with Gasteiger partial charge in [-0.1, -0.05) is 0 Å². The Hall–Kier alpha value is -4.58. The molecule has 4 aromatic heterocycles. The first-order valence-corrected chi connectivity index (χ1v) is 14.3. The first kappa shape index (κ1) is 27.3. The van der Waals surface area contributed by atoms with Crippen LogP contribution in [0, 0.1) is 17.0 Å². The molecule has 0 radical (unpaired) electrons. The number of nitrogens with zero attached hydrogens (tertiary/aromatic N) is 5. The van der Waals surface area contributed by atoms with Crippen LogP contribution in [-0.2, 0) is 7.05 Å². The molecule has 12 heteroatoms. The molecule has 6 heterocycles. The molecule has 7 rings (SSSR count). The summed E-state index contributed by atoms with van der Waals surface area (Å²) in [7, 11) is 5.42. The number of piperidine rings is 1. The van der Waals surface area contributed by atoms with Gasteiger partial charge in [-0.15, -0.1) is 0 Å². The van der Waals surface area contributed by atoms with Gasteiger partial charge in [-0.3, -0.25) is 4.79 Å². The van der Waals surface area contributed by atoms with E-state index in [1.54, 1.807) is 32.6 Å². The zero-order valence-electron chi connectivity index (χ0n) is 24.1. The minimum Gasteiger partial charge on any atom is -0.477 e. The first-order chi connectivity index (χ1) is 20.6.